The zero-order valence-electron chi connectivity index (χ0n) is 11.1. The van der Waals surface area contributed by atoms with Gasteiger partial charge in [-0.3, -0.25) is 0 Å². The van der Waals surface area contributed by atoms with Gasteiger partial charge in [-0.05, 0) is 19.4 Å². The highest BCUT2D eigenvalue weighted by Gasteiger charge is 2.21. The Morgan fingerprint density at radius 1 is 1.41 bits per heavy atom. The van der Waals surface area contributed by atoms with Crippen LogP contribution in [0.1, 0.15) is 38.1 Å². The molecule has 3 nitrogen and oxygen atoms in total. The van der Waals surface area contributed by atoms with Crippen LogP contribution in [0.3, 0.4) is 0 Å². The summed E-state index contributed by atoms with van der Waals surface area (Å²) in [6.07, 6.45) is 6.53. The third-order valence-corrected chi connectivity index (χ3v) is 3.66. The van der Waals surface area contributed by atoms with Gasteiger partial charge in [0, 0.05) is 31.1 Å². The third-order valence-electron chi connectivity index (χ3n) is 2.86. The SMILES string of the molecule is CCCNC(Cc1nccs1)C(CCC)OC. The molecule has 0 spiro atoms. The van der Waals surface area contributed by atoms with Crippen LogP contribution in [0.5, 0.6) is 0 Å². The highest BCUT2D eigenvalue weighted by Crippen LogP contribution is 2.14. The van der Waals surface area contributed by atoms with Crippen LogP contribution < -0.4 is 5.32 Å². The minimum Gasteiger partial charge on any atom is -0.380 e. The Bertz CT molecular complexity index is 277. The van der Waals surface area contributed by atoms with E-state index in [2.05, 4.69) is 24.1 Å². The van der Waals surface area contributed by atoms with E-state index in [0.717, 1.165) is 32.2 Å². The van der Waals surface area contributed by atoms with Crippen LogP contribution in [0.25, 0.3) is 0 Å². The smallest absolute Gasteiger partial charge is 0.0941 e. The summed E-state index contributed by atoms with van der Waals surface area (Å²) in [5, 5.41) is 6.81. The Balaban J connectivity index is 2.57. The number of hydrogen-bond acceptors (Lipinski definition) is 4. The number of hydrogen-bond donors (Lipinski definition) is 1. The van der Waals surface area contributed by atoms with Gasteiger partial charge in [-0.25, -0.2) is 4.98 Å². The lowest BCUT2D eigenvalue weighted by Crippen LogP contribution is -2.43. The van der Waals surface area contributed by atoms with Gasteiger partial charge in [0.05, 0.1) is 11.1 Å². The number of nitrogens with one attached hydrogen (secondary N) is 1. The van der Waals surface area contributed by atoms with Crippen molar-refractivity contribution in [2.45, 2.75) is 51.7 Å². The maximum Gasteiger partial charge on any atom is 0.0941 e. The summed E-state index contributed by atoms with van der Waals surface area (Å²) < 4.78 is 5.61. The molecule has 0 fully saturated rings. The summed E-state index contributed by atoms with van der Waals surface area (Å²) in [5.41, 5.74) is 0. The number of rotatable bonds is 9. The van der Waals surface area contributed by atoms with E-state index in [1.807, 2.05) is 18.7 Å². The van der Waals surface area contributed by atoms with Crippen LogP contribution in [0, 0.1) is 0 Å². The van der Waals surface area contributed by atoms with Gasteiger partial charge in [0.2, 0.25) is 0 Å². The molecule has 0 aromatic carbocycles. The molecule has 1 aromatic heterocycles. The first-order valence-corrected chi connectivity index (χ1v) is 7.34. The molecule has 0 saturated carbocycles. The fourth-order valence-electron chi connectivity index (χ4n) is 1.97. The van der Waals surface area contributed by atoms with E-state index in [-0.39, 0.29) is 6.10 Å². The molecule has 2 atom stereocenters. The third kappa shape index (κ3) is 5.15. The van der Waals surface area contributed by atoms with Gasteiger partial charge >= 0.3 is 0 Å². The van der Waals surface area contributed by atoms with Crippen molar-refractivity contribution in [3.05, 3.63) is 16.6 Å². The largest absolute Gasteiger partial charge is 0.380 e. The average Bonchev–Trinajstić information content (AvgIpc) is 2.84. The maximum atomic E-state index is 5.61. The van der Waals surface area contributed by atoms with Crippen molar-refractivity contribution in [2.75, 3.05) is 13.7 Å². The molecule has 0 aliphatic heterocycles. The monoisotopic (exact) mass is 256 g/mol. The predicted molar refractivity (Wildman–Crippen MR) is 73.6 cm³/mol. The number of nitrogens with zero attached hydrogens (tertiary/aromatic N) is 1. The second kappa shape index (κ2) is 8.61. The molecule has 1 rings (SSSR count). The number of aromatic nitrogens is 1. The second-order valence-electron chi connectivity index (χ2n) is 4.25. The summed E-state index contributed by atoms with van der Waals surface area (Å²) in [6.45, 7) is 5.43. The van der Waals surface area contributed by atoms with E-state index in [9.17, 15) is 0 Å². The van der Waals surface area contributed by atoms with Crippen LogP contribution in [0.2, 0.25) is 0 Å². The minimum absolute atomic E-state index is 0.287. The first-order valence-electron chi connectivity index (χ1n) is 6.46. The molecular formula is C13H24N2OS. The van der Waals surface area contributed by atoms with Gasteiger partial charge in [-0.2, -0.15) is 0 Å². The number of methoxy groups -OCH3 is 1. The fraction of sp³-hybridized carbons (Fsp3) is 0.769. The van der Waals surface area contributed by atoms with Crippen LogP contribution in [-0.4, -0.2) is 30.8 Å². The summed E-state index contributed by atoms with van der Waals surface area (Å²) in [4.78, 5) is 4.36. The van der Waals surface area contributed by atoms with Crippen LogP contribution in [0.15, 0.2) is 11.6 Å². The van der Waals surface area contributed by atoms with Crippen molar-refractivity contribution in [1.82, 2.24) is 10.3 Å². The van der Waals surface area contributed by atoms with Crippen LogP contribution in [0.4, 0.5) is 0 Å². The Kier molecular flexibility index (Phi) is 7.40. The first kappa shape index (κ1) is 14.6. The maximum absolute atomic E-state index is 5.61. The van der Waals surface area contributed by atoms with Gasteiger partial charge in [0.15, 0.2) is 0 Å². The topological polar surface area (TPSA) is 34.2 Å². The minimum atomic E-state index is 0.287. The van der Waals surface area contributed by atoms with E-state index in [0.29, 0.717) is 6.04 Å². The van der Waals surface area contributed by atoms with E-state index in [4.69, 9.17) is 4.74 Å². The molecule has 17 heavy (non-hydrogen) atoms. The van der Waals surface area contributed by atoms with Crippen LogP contribution >= 0.6 is 11.3 Å². The average molecular weight is 256 g/mol. The summed E-state index contributed by atoms with van der Waals surface area (Å²) in [7, 11) is 1.81. The molecule has 0 saturated heterocycles. The summed E-state index contributed by atoms with van der Waals surface area (Å²) >= 11 is 1.72. The first-order chi connectivity index (χ1) is 8.31. The van der Waals surface area contributed by atoms with Crippen molar-refractivity contribution >= 4 is 11.3 Å². The van der Waals surface area contributed by atoms with Crippen LogP contribution in [-0.2, 0) is 11.2 Å². The molecule has 98 valence electrons. The Morgan fingerprint density at radius 2 is 2.24 bits per heavy atom. The molecule has 0 aliphatic carbocycles. The zero-order valence-corrected chi connectivity index (χ0v) is 11.9. The molecular weight excluding hydrogens is 232 g/mol. The molecule has 0 radical (unpaired) electrons. The van der Waals surface area contributed by atoms with Gasteiger partial charge in [0.25, 0.3) is 0 Å². The molecule has 2 unspecified atom stereocenters. The number of ether oxygens (including phenoxy) is 1. The zero-order chi connectivity index (χ0) is 12.5. The number of thiazole rings is 1. The molecule has 1 aromatic rings. The Morgan fingerprint density at radius 3 is 2.76 bits per heavy atom. The summed E-state index contributed by atoms with van der Waals surface area (Å²) in [6, 6.07) is 0.381. The van der Waals surface area contributed by atoms with E-state index >= 15 is 0 Å². The van der Waals surface area contributed by atoms with Crippen molar-refractivity contribution in [2.24, 2.45) is 0 Å². The van der Waals surface area contributed by atoms with Gasteiger partial charge < -0.3 is 10.1 Å². The van der Waals surface area contributed by atoms with Crippen molar-refractivity contribution < 1.29 is 4.74 Å². The predicted octanol–water partition coefficient (Wildman–Crippen LogP) is 2.87. The molecule has 0 amide bonds. The van der Waals surface area contributed by atoms with E-state index in [1.165, 1.54) is 5.01 Å². The van der Waals surface area contributed by atoms with Gasteiger partial charge in [-0.1, -0.05) is 20.3 Å². The Hall–Kier alpha value is -0.450. The standard InChI is InChI=1S/C13H24N2OS/c1-4-6-12(16-3)11(14-7-5-2)10-13-15-8-9-17-13/h8-9,11-12,14H,4-7,10H2,1-3H3. The highest BCUT2D eigenvalue weighted by atomic mass is 32.1. The molecule has 0 aliphatic rings. The Labute approximate surface area is 109 Å². The lowest BCUT2D eigenvalue weighted by molar-refractivity contribution is 0.0609. The second-order valence-corrected chi connectivity index (χ2v) is 5.23. The molecule has 0 bridgehead atoms. The summed E-state index contributed by atoms with van der Waals surface area (Å²) in [5.74, 6) is 0. The van der Waals surface area contributed by atoms with Crippen molar-refractivity contribution in [3.63, 3.8) is 0 Å². The lowest BCUT2D eigenvalue weighted by atomic mass is 10.0. The van der Waals surface area contributed by atoms with Crippen molar-refractivity contribution in [3.8, 4) is 0 Å². The quantitative estimate of drug-likeness (QED) is 0.737. The van der Waals surface area contributed by atoms with E-state index < -0.39 is 0 Å². The highest BCUT2D eigenvalue weighted by molar-refractivity contribution is 7.09. The molecule has 1 N–H and O–H groups in total. The normalized spacial score (nSPS) is 14.8. The fourth-order valence-corrected chi connectivity index (χ4v) is 2.65. The lowest BCUT2D eigenvalue weighted by Gasteiger charge is -2.26. The van der Waals surface area contributed by atoms with E-state index in [1.54, 1.807) is 11.3 Å². The molecule has 1 heterocycles. The van der Waals surface area contributed by atoms with Gasteiger partial charge in [0.1, 0.15) is 0 Å². The van der Waals surface area contributed by atoms with Crippen molar-refractivity contribution in [1.29, 1.82) is 0 Å². The molecule has 4 heteroatoms. The van der Waals surface area contributed by atoms with Gasteiger partial charge in [-0.15, -0.1) is 11.3 Å².